The van der Waals surface area contributed by atoms with Crippen LogP contribution in [0.15, 0.2) is 146 Å². The molecule has 0 fully saturated rings. The number of benzene rings is 8. The minimum absolute atomic E-state index is 0.151. The zero-order valence-corrected chi connectivity index (χ0v) is 46.1. The van der Waals surface area contributed by atoms with Crippen LogP contribution in [-0.4, -0.2) is 86.0 Å². The highest BCUT2D eigenvalue weighted by molar-refractivity contribution is 5.67. The molecule has 0 spiro atoms. The van der Waals surface area contributed by atoms with Crippen molar-refractivity contribution in [1.82, 2.24) is 0 Å². The summed E-state index contributed by atoms with van der Waals surface area (Å²) in [5, 5.41) is 140. The van der Waals surface area contributed by atoms with E-state index < -0.39 is 184 Å². The Balaban J connectivity index is 1.46. The number of hydrogen-bond acceptors (Lipinski definition) is 12. The maximum atomic E-state index is 14.3. The summed E-state index contributed by atoms with van der Waals surface area (Å²) in [6.45, 7) is 1.81. The Hall–Kier alpha value is -8.84. The van der Waals surface area contributed by atoms with Crippen LogP contribution in [0, 0.1) is 0 Å². The van der Waals surface area contributed by atoms with Crippen LogP contribution < -0.4 is 0 Å². The van der Waals surface area contributed by atoms with E-state index in [2.05, 4.69) is 0 Å². The molecule has 88 heavy (non-hydrogen) atoms. The second-order valence-corrected chi connectivity index (χ2v) is 22.4. The Bertz CT molecular complexity index is 3350. The molecule has 1 aliphatic rings. The first kappa shape index (κ1) is 63.7. The van der Waals surface area contributed by atoms with Crippen LogP contribution in [0.1, 0.15) is 140 Å². The fourth-order valence-corrected chi connectivity index (χ4v) is 11.1. The van der Waals surface area contributed by atoms with Crippen molar-refractivity contribution >= 4 is 0 Å². The predicted octanol–water partition coefficient (Wildman–Crippen LogP) is 13.4. The van der Waals surface area contributed by atoms with Gasteiger partial charge in [0, 0.05) is 92.4 Å². The van der Waals surface area contributed by atoms with E-state index in [0.717, 1.165) is 146 Å². The molecule has 0 heterocycles. The third-order valence-electron chi connectivity index (χ3n) is 16.6. The molecule has 4 unspecified atom stereocenters. The molecule has 464 valence electrons. The lowest BCUT2D eigenvalue weighted by Crippen LogP contribution is -2.39. The lowest BCUT2D eigenvalue weighted by Gasteiger charge is -2.31. The first-order valence-corrected chi connectivity index (χ1v) is 26.3. The minimum atomic E-state index is -5.27. The molecule has 0 aliphatic heterocycles. The summed E-state index contributed by atoms with van der Waals surface area (Å²) in [5.74, 6) is -13.9. The van der Waals surface area contributed by atoms with E-state index >= 15 is 0 Å². The summed E-state index contributed by atoms with van der Waals surface area (Å²) in [4.78, 5) is 0. The molecule has 8 bridgehead atoms. The predicted molar refractivity (Wildman–Crippen MR) is 291 cm³/mol. The Morgan fingerprint density at radius 1 is 0.227 bits per heavy atom. The van der Waals surface area contributed by atoms with Crippen molar-refractivity contribution in [3.8, 4) is 46.0 Å². The summed E-state index contributed by atoms with van der Waals surface area (Å²) in [7, 11) is 0. The number of rotatable bonds is 8. The van der Waals surface area contributed by atoms with Gasteiger partial charge >= 0.3 is 24.7 Å². The molecule has 24 heteroatoms. The summed E-state index contributed by atoms with van der Waals surface area (Å²) >= 11 is 0. The Labute approximate surface area is 491 Å². The Morgan fingerprint density at radius 2 is 0.352 bits per heavy atom. The van der Waals surface area contributed by atoms with Gasteiger partial charge < -0.3 is 61.3 Å². The molecule has 12 N–H and O–H groups in total. The first-order chi connectivity index (χ1) is 40.5. The van der Waals surface area contributed by atoms with Gasteiger partial charge in [-0.15, -0.1) is 0 Å². The molecule has 1 aliphatic carbocycles. The molecular weight excluding hydrogens is 1190 g/mol. The van der Waals surface area contributed by atoms with E-state index in [1.807, 2.05) is 0 Å². The van der Waals surface area contributed by atoms with Gasteiger partial charge in [0.05, 0.1) is 0 Å². The van der Waals surface area contributed by atoms with Gasteiger partial charge in [0.25, 0.3) is 0 Å². The van der Waals surface area contributed by atoms with Crippen LogP contribution in [0.3, 0.4) is 0 Å². The molecule has 0 saturated heterocycles. The highest BCUT2D eigenvalue weighted by Crippen LogP contribution is 2.55. The molecule has 4 atom stereocenters. The highest BCUT2D eigenvalue weighted by Gasteiger charge is 2.54. The van der Waals surface area contributed by atoms with E-state index in [1.165, 1.54) is 0 Å². The molecule has 0 radical (unpaired) electrons. The molecule has 0 saturated carbocycles. The number of aromatic hydroxyl groups is 8. The van der Waals surface area contributed by atoms with Crippen molar-refractivity contribution in [1.29, 1.82) is 0 Å². The molecule has 9 rings (SSSR count). The number of fused-ring (bicyclic) bond motifs is 8. The minimum Gasteiger partial charge on any atom is -0.507 e. The van der Waals surface area contributed by atoms with Gasteiger partial charge in [0.2, 0.25) is 0 Å². The third kappa shape index (κ3) is 10.8. The first-order valence-electron chi connectivity index (χ1n) is 26.3. The van der Waals surface area contributed by atoms with Crippen molar-refractivity contribution in [3.05, 3.63) is 235 Å². The molecule has 12 nitrogen and oxygen atoms in total. The van der Waals surface area contributed by atoms with Crippen molar-refractivity contribution in [2.45, 2.75) is 98.5 Å². The van der Waals surface area contributed by atoms with Crippen LogP contribution in [-0.2, 0) is 22.4 Å². The van der Waals surface area contributed by atoms with Gasteiger partial charge in [-0.1, -0.05) is 97.1 Å². The van der Waals surface area contributed by atoms with Crippen molar-refractivity contribution in [3.63, 3.8) is 0 Å². The molecule has 0 aromatic heterocycles. The number of hydrogen-bond donors (Lipinski definition) is 12. The molecule has 8 aromatic rings. The van der Waals surface area contributed by atoms with Crippen LogP contribution >= 0.6 is 0 Å². The maximum Gasteiger partial charge on any atom is 0.421 e. The van der Waals surface area contributed by atoms with Gasteiger partial charge in [-0.25, -0.2) is 0 Å². The third-order valence-corrected chi connectivity index (χ3v) is 16.6. The van der Waals surface area contributed by atoms with Gasteiger partial charge in [-0.3, -0.25) is 0 Å². The summed E-state index contributed by atoms with van der Waals surface area (Å²) in [6, 6.07) is 22.2. The van der Waals surface area contributed by atoms with E-state index in [0.29, 0.717) is 27.7 Å². The second-order valence-electron chi connectivity index (χ2n) is 22.4. The van der Waals surface area contributed by atoms with Crippen LogP contribution in [0.2, 0.25) is 0 Å². The Kier molecular flexibility index (Phi) is 15.5. The fraction of sp³-hybridized carbons (Fsp3) is 0.250. The van der Waals surface area contributed by atoms with Crippen molar-refractivity contribution in [2.24, 2.45) is 0 Å². The summed E-state index contributed by atoms with van der Waals surface area (Å²) in [5.41, 5.74) is -20.7. The van der Waals surface area contributed by atoms with Crippen molar-refractivity contribution < 1.29 is 114 Å². The van der Waals surface area contributed by atoms with E-state index in [4.69, 9.17) is 0 Å². The monoisotopic (exact) mass is 1240 g/mol. The summed E-state index contributed by atoms with van der Waals surface area (Å²) in [6.07, 6.45) is -21.1. The maximum absolute atomic E-state index is 14.3. The topological polar surface area (TPSA) is 243 Å². The smallest absolute Gasteiger partial charge is 0.421 e. The van der Waals surface area contributed by atoms with Crippen molar-refractivity contribution in [2.75, 3.05) is 0 Å². The SMILES string of the molecule is CC(O)(c1ccc(C2c3cc(c(O)cc3O)C(c3ccc(C(C)(O)C(F)(F)F)cc3)c3cc(c(O)cc3O)C(c3ccc(C(C)(O)C(F)(F)F)cc3)c3cc(c(O)cc3O)C(c3ccc(C(C)(O)C(F)(F)F)cc3)c3cc2c(O)cc3O)cc1)C(F)(F)F. The normalized spacial score (nSPS) is 19.4. The zero-order valence-electron chi connectivity index (χ0n) is 46.1. The lowest BCUT2D eigenvalue weighted by atomic mass is 9.74. The number of phenolic OH excluding ortho intramolecular Hbond substituents is 8. The van der Waals surface area contributed by atoms with Crippen LogP contribution in [0.25, 0.3) is 0 Å². The van der Waals surface area contributed by atoms with Crippen LogP contribution in [0.5, 0.6) is 46.0 Å². The van der Waals surface area contributed by atoms with E-state index in [1.54, 1.807) is 0 Å². The average Bonchev–Trinajstić information content (AvgIpc) is 0.882. The van der Waals surface area contributed by atoms with Crippen LogP contribution in [0.4, 0.5) is 52.7 Å². The van der Waals surface area contributed by atoms with Gasteiger partial charge in [-0.05, 0) is 96.5 Å². The lowest BCUT2D eigenvalue weighted by molar-refractivity contribution is -0.259. The number of halogens is 12. The number of phenols is 8. The number of alkyl halides is 12. The quantitative estimate of drug-likeness (QED) is 0.0636. The molecule has 0 amide bonds. The van der Waals surface area contributed by atoms with Gasteiger partial charge in [-0.2, -0.15) is 52.7 Å². The second kappa shape index (κ2) is 21.5. The van der Waals surface area contributed by atoms with Gasteiger partial charge in [0.15, 0.2) is 22.4 Å². The largest absolute Gasteiger partial charge is 0.507 e. The van der Waals surface area contributed by atoms with E-state index in [-0.39, 0.29) is 22.3 Å². The standard InChI is InChI=1S/C64H52F12O12/c1-57(85,61(65,66)67)33-13-5-29(6-14-33)53-37-21-39(47(79)25-45(37)77)54(30-7-15-34(16-8-30)58(2,86)62(68,69)70)41-23-43(51(83)27-49(41)81)56(32-11-19-36(20-12-32)60(4,88)64(74,75)76)44-24-42(50(82)28-52(44)84)55(40-22-38(53)46(78)26-48(40)80)31-9-17-35(18-10-31)59(3,87)63(71,72)73/h5-28,53-56,77-88H,1-4H3. The molecular formula is C64H52F12O12. The van der Waals surface area contributed by atoms with Gasteiger partial charge in [0.1, 0.15) is 46.0 Å². The fourth-order valence-electron chi connectivity index (χ4n) is 11.1. The van der Waals surface area contributed by atoms with E-state index in [9.17, 15) is 114 Å². The zero-order chi connectivity index (χ0) is 65.1. The Morgan fingerprint density at radius 3 is 0.466 bits per heavy atom. The molecule has 8 aromatic carbocycles. The average molecular weight is 1240 g/mol. The summed E-state index contributed by atoms with van der Waals surface area (Å²) < 4.78 is 171. The number of aliphatic hydroxyl groups is 4. The highest BCUT2D eigenvalue weighted by atomic mass is 19.4.